The van der Waals surface area contributed by atoms with E-state index in [0.29, 0.717) is 24.6 Å². The first-order valence-corrected chi connectivity index (χ1v) is 9.46. The number of benzene rings is 1. The smallest absolute Gasteiger partial charge is 0.244 e. The van der Waals surface area contributed by atoms with Gasteiger partial charge in [0.05, 0.1) is 6.61 Å². The number of fused-ring (bicyclic) bond motifs is 1. The highest BCUT2D eigenvalue weighted by atomic mass is 32.2. The van der Waals surface area contributed by atoms with Gasteiger partial charge in [-0.25, -0.2) is 13.1 Å². The van der Waals surface area contributed by atoms with Crippen molar-refractivity contribution >= 4 is 27.5 Å². The van der Waals surface area contributed by atoms with Crippen LogP contribution in [0.25, 0.3) is 0 Å². The Morgan fingerprint density at radius 2 is 2.25 bits per heavy atom. The van der Waals surface area contributed by atoms with Crippen LogP contribution in [0.15, 0.2) is 17.0 Å². The second-order valence-electron chi connectivity index (χ2n) is 4.70. The summed E-state index contributed by atoms with van der Waals surface area (Å²) in [5, 5.41) is 0. The first kappa shape index (κ1) is 15.5. The molecule has 0 bridgehead atoms. The van der Waals surface area contributed by atoms with Crippen LogP contribution in [0.1, 0.15) is 18.4 Å². The molecule has 1 heterocycles. The number of nitrogen functional groups attached to an aromatic ring is 1. The second-order valence-corrected chi connectivity index (χ2v) is 7.42. The Hall–Kier alpha value is -0.920. The van der Waals surface area contributed by atoms with Crippen molar-refractivity contribution in [3.63, 3.8) is 0 Å². The molecule has 0 unspecified atom stereocenters. The predicted molar refractivity (Wildman–Crippen MR) is 82.9 cm³/mol. The summed E-state index contributed by atoms with van der Waals surface area (Å²) >= 11 is 1.69. The van der Waals surface area contributed by atoms with Crippen LogP contribution in [0, 0.1) is 0 Å². The zero-order valence-corrected chi connectivity index (χ0v) is 13.1. The predicted octanol–water partition coefficient (Wildman–Crippen LogP) is 1.63. The number of nitrogens with one attached hydrogen (secondary N) is 1. The van der Waals surface area contributed by atoms with Crippen molar-refractivity contribution in [1.82, 2.24) is 4.72 Å². The fourth-order valence-corrected chi connectivity index (χ4v) is 3.90. The molecule has 5 nitrogen and oxygen atoms in total. The highest BCUT2D eigenvalue weighted by Gasteiger charge is 2.24. The number of aryl methyl sites for hydroxylation is 1. The van der Waals surface area contributed by atoms with Crippen molar-refractivity contribution in [3.8, 4) is 5.75 Å². The lowest BCUT2D eigenvalue weighted by Gasteiger charge is -2.21. The molecule has 20 heavy (non-hydrogen) atoms. The van der Waals surface area contributed by atoms with Crippen molar-refractivity contribution in [2.45, 2.75) is 24.2 Å². The number of ether oxygens (including phenoxy) is 1. The summed E-state index contributed by atoms with van der Waals surface area (Å²) in [6.07, 6.45) is 4.48. The molecule has 0 aromatic heterocycles. The van der Waals surface area contributed by atoms with E-state index in [4.69, 9.17) is 10.5 Å². The molecule has 112 valence electrons. The SMILES string of the molecule is CSCCCNS(=O)(=O)c1cc(N)cc2c1OCCC2. The number of hydrogen-bond donors (Lipinski definition) is 2. The lowest BCUT2D eigenvalue weighted by atomic mass is 10.1. The number of anilines is 1. The third-order valence-corrected chi connectivity index (χ3v) is 5.26. The summed E-state index contributed by atoms with van der Waals surface area (Å²) in [5.74, 6) is 1.39. The first-order chi connectivity index (χ1) is 9.54. The molecule has 0 fully saturated rings. The Bertz CT molecular complexity index is 573. The fourth-order valence-electron chi connectivity index (χ4n) is 2.17. The molecule has 1 aromatic rings. The van der Waals surface area contributed by atoms with Crippen LogP contribution >= 0.6 is 11.8 Å². The van der Waals surface area contributed by atoms with Crippen molar-refractivity contribution in [2.75, 3.05) is 30.9 Å². The van der Waals surface area contributed by atoms with Gasteiger partial charge in [0, 0.05) is 12.2 Å². The Kier molecular flexibility index (Phi) is 5.17. The summed E-state index contributed by atoms with van der Waals surface area (Å²) in [4.78, 5) is 0.163. The van der Waals surface area contributed by atoms with E-state index in [1.165, 1.54) is 6.07 Å². The van der Waals surface area contributed by atoms with Gasteiger partial charge >= 0.3 is 0 Å². The van der Waals surface area contributed by atoms with Crippen LogP contribution < -0.4 is 15.2 Å². The summed E-state index contributed by atoms with van der Waals surface area (Å²) in [5.41, 5.74) is 7.14. The minimum Gasteiger partial charge on any atom is -0.492 e. The first-order valence-electron chi connectivity index (χ1n) is 6.58. The topological polar surface area (TPSA) is 81.4 Å². The van der Waals surface area contributed by atoms with E-state index in [1.54, 1.807) is 17.8 Å². The van der Waals surface area contributed by atoms with Gasteiger partial charge in [0.2, 0.25) is 10.0 Å². The number of rotatable bonds is 6. The van der Waals surface area contributed by atoms with Gasteiger partial charge in [-0.05, 0) is 49.0 Å². The molecular weight excluding hydrogens is 296 g/mol. The maximum atomic E-state index is 12.4. The molecule has 0 saturated carbocycles. The fraction of sp³-hybridized carbons (Fsp3) is 0.538. The zero-order valence-electron chi connectivity index (χ0n) is 11.5. The Morgan fingerprint density at radius 3 is 3.00 bits per heavy atom. The Labute approximate surface area is 124 Å². The molecule has 1 aliphatic heterocycles. The molecule has 0 saturated heterocycles. The Balaban J connectivity index is 2.24. The van der Waals surface area contributed by atoms with E-state index in [9.17, 15) is 8.42 Å². The van der Waals surface area contributed by atoms with Gasteiger partial charge < -0.3 is 10.5 Å². The van der Waals surface area contributed by atoms with E-state index in [0.717, 1.165) is 30.6 Å². The van der Waals surface area contributed by atoms with Crippen LogP contribution in [0.5, 0.6) is 5.75 Å². The zero-order chi connectivity index (χ0) is 14.6. The van der Waals surface area contributed by atoms with Crippen molar-refractivity contribution in [3.05, 3.63) is 17.7 Å². The van der Waals surface area contributed by atoms with E-state index >= 15 is 0 Å². The molecule has 0 atom stereocenters. The highest BCUT2D eigenvalue weighted by molar-refractivity contribution is 7.98. The van der Waals surface area contributed by atoms with Gasteiger partial charge in [-0.15, -0.1) is 0 Å². The maximum Gasteiger partial charge on any atom is 0.244 e. The average Bonchev–Trinajstić information content (AvgIpc) is 2.42. The van der Waals surface area contributed by atoms with Crippen molar-refractivity contribution in [1.29, 1.82) is 0 Å². The number of thioether (sulfide) groups is 1. The van der Waals surface area contributed by atoms with Gasteiger partial charge in [-0.2, -0.15) is 11.8 Å². The second kappa shape index (κ2) is 6.69. The maximum absolute atomic E-state index is 12.4. The molecule has 7 heteroatoms. The summed E-state index contributed by atoms with van der Waals surface area (Å²) in [6, 6.07) is 3.27. The summed E-state index contributed by atoms with van der Waals surface area (Å²) in [6.45, 7) is 0.971. The molecule has 0 radical (unpaired) electrons. The van der Waals surface area contributed by atoms with Gasteiger partial charge in [-0.3, -0.25) is 0 Å². The number of hydrogen-bond acceptors (Lipinski definition) is 5. The molecule has 2 rings (SSSR count). The lowest BCUT2D eigenvalue weighted by Crippen LogP contribution is -2.26. The van der Waals surface area contributed by atoms with E-state index in [2.05, 4.69) is 4.72 Å². The standard InChI is InChI=1S/C13H20N2O3S2/c1-19-7-3-5-15-20(16,17)12-9-11(14)8-10-4-2-6-18-13(10)12/h8-9,15H,2-7,14H2,1H3. The molecule has 3 N–H and O–H groups in total. The van der Waals surface area contributed by atoms with Crippen LogP contribution in [-0.2, 0) is 16.4 Å². The third kappa shape index (κ3) is 3.59. The Morgan fingerprint density at radius 1 is 1.45 bits per heavy atom. The van der Waals surface area contributed by atoms with E-state index < -0.39 is 10.0 Å². The molecule has 0 aliphatic carbocycles. The molecular formula is C13H20N2O3S2. The van der Waals surface area contributed by atoms with Crippen molar-refractivity contribution in [2.24, 2.45) is 0 Å². The average molecular weight is 316 g/mol. The number of sulfonamides is 1. The van der Waals surface area contributed by atoms with E-state index in [1.807, 2.05) is 6.26 Å². The molecule has 1 aliphatic rings. The lowest BCUT2D eigenvalue weighted by molar-refractivity contribution is 0.280. The number of nitrogens with two attached hydrogens (primary N) is 1. The van der Waals surface area contributed by atoms with Gasteiger partial charge in [0.15, 0.2) is 0 Å². The highest BCUT2D eigenvalue weighted by Crippen LogP contribution is 2.34. The van der Waals surface area contributed by atoms with Crippen LogP contribution in [-0.4, -0.2) is 33.6 Å². The van der Waals surface area contributed by atoms with Crippen LogP contribution in [0.4, 0.5) is 5.69 Å². The van der Waals surface area contributed by atoms with Crippen molar-refractivity contribution < 1.29 is 13.2 Å². The quantitative estimate of drug-likeness (QED) is 0.616. The van der Waals surface area contributed by atoms with Gasteiger partial charge in [0.1, 0.15) is 10.6 Å². The van der Waals surface area contributed by atoms with Crippen LogP contribution in [0.3, 0.4) is 0 Å². The normalized spacial score (nSPS) is 14.7. The van der Waals surface area contributed by atoms with Gasteiger partial charge in [0.25, 0.3) is 0 Å². The minimum atomic E-state index is -3.57. The largest absolute Gasteiger partial charge is 0.492 e. The molecule has 0 amide bonds. The minimum absolute atomic E-state index is 0.163. The van der Waals surface area contributed by atoms with Gasteiger partial charge in [-0.1, -0.05) is 0 Å². The third-order valence-electron chi connectivity index (χ3n) is 3.10. The van der Waals surface area contributed by atoms with Crippen LogP contribution in [0.2, 0.25) is 0 Å². The van der Waals surface area contributed by atoms with E-state index in [-0.39, 0.29) is 4.90 Å². The summed E-state index contributed by atoms with van der Waals surface area (Å²) < 4.78 is 32.9. The monoisotopic (exact) mass is 316 g/mol. The summed E-state index contributed by atoms with van der Waals surface area (Å²) in [7, 11) is -3.57. The molecule has 0 spiro atoms. The molecule has 1 aromatic carbocycles.